The molecule has 0 unspecified atom stereocenters. The number of amides is 2. The van der Waals surface area contributed by atoms with Crippen molar-refractivity contribution in [2.75, 3.05) is 0 Å². The minimum atomic E-state index is -0.235. The molecule has 0 radical (unpaired) electrons. The molecule has 2 amide bonds. The number of hydrogen-bond donors (Lipinski definition) is 0. The third kappa shape index (κ3) is 2.35. The molecule has 0 bridgehead atoms. The van der Waals surface area contributed by atoms with Crippen LogP contribution in [-0.2, 0) is 16.1 Å². The second-order valence-electron chi connectivity index (χ2n) is 6.25. The van der Waals surface area contributed by atoms with Gasteiger partial charge in [0.25, 0.3) is 0 Å². The number of aryl methyl sites for hydroxylation is 1. The van der Waals surface area contributed by atoms with Crippen molar-refractivity contribution >= 4 is 11.8 Å². The van der Waals surface area contributed by atoms with Gasteiger partial charge in [0.15, 0.2) is 0 Å². The van der Waals surface area contributed by atoms with Gasteiger partial charge in [0.2, 0.25) is 23.5 Å². The fourth-order valence-electron chi connectivity index (χ4n) is 3.41. The highest BCUT2D eigenvalue weighted by atomic mass is 16.5. The first-order chi connectivity index (χ1) is 11.6. The number of nitrogens with zero attached hydrogens (tertiary/aromatic N) is 3. The van der Waals surface area contributed by atoms with Crippen LogP contribution in [0.3, 0.4) is 0 Å². The van der Waals surface area contributed by atoms with Crippen molar-refractivity contribution in [2.45, 2.75) is 26.3 Å². The summed E-state index contributed by atoms with van der Waals surface area (Å²) in [4.78, 5) is 30.5. The Kier molecular flexibility index (Phi) is 3.52. The topological polar surface area (TPSA) is 76.3 Å². The first-order valence-electron chi connectivity index (χ1n) is 8.04. The monoisotopic (exact) mass is 323 g/mol. The fraction of sp³-hybridized carbons (Fsp3) is 0.333. The molecule has 6 heteroatoms. The second kappa shape index (κ2) is 5.70. The van der Waals surface area contributed by atoms with E-state index >= 15 is 0 Å². The summed E-state index contributed by atoms with van der Waals surface area (Å²) in [5.74, 6) is 0.0142. The van der Waals surface area contributed by atoms with Crippen molar-refractivity contribution in [3.05, 3.63) is 47.9 Å². The number of benzene rings is 1. The van der Waals surface area contributed by atoms with Crippen LogP contribution in [0.25, 0.3) is 11.4 Å². The van der Waals surface area contributed by atoms with E-state index in [9.17, 15) is 9.59 Å². The smallest absolute Gasteiger partial charge is 0.247 e. The van der Waals surface area contributed by atoms with Gasteiger partial charge < -0.3 is 4.52 Å². The van der Waals surface area contributed by atoms with Crippen LogP contribution >= 0.6 is 0 Å². The lowest BCUT2D eigenvalue weighted by Crippen LogP contribution is -2.30. The van der Waals surface area contributed by atoms with Gasteiger partial charge >= 0.3 is 0 Å². The lowest BCUT2D eigenvalue weighted by Gasteiger charge is -2.14. The number of hydrogen-bond acceptors (Lipinski definition) is 5. The van der Waals surface area contributed by atoms with Crippen molar-refractivity contribution in [1.29, 1.82) is 0 Å². The van der Waals surface area contributed by atoms with E-state index in [-0.39, 0.29) is 36.1 Å². The third-order valence-electron chi connectivity index (χ3n) is 4.75. The zero-order valence-electron chi connectivity index (χ0n) is 13.3. The van der Waals surface area contributed by atoms with Gasteiger partial charge in [-0.05, 0) is 25.3 Å². The molecule has 0 saturated carbocycles. The molecule has 2 aliphatic rings. The number of likely N-dealkylation sites (tertiary alicyclic amines) is 1. The average molecular weight is 323 g/mol. The Morgan fingerprint density at radius 1 is 1.12 bits per heavy atom. The Labute approximate surface area is 139 Å². The minimum Gasteiger partial charge on any atom is -0.337 e. The van der Waals surface area contributed by atoms with E-state index < -0.39 is 0 Å². The van der Waals surface area contributed by atoms with Gasteiger partial charge in [0.1, 0.15) is 6.54 Å². The Bertz CT molecular complexity index is 814. The van der Waals surface area contributed by atoms with Crippen LogP contribution in [0.4, 0.5) is 0 Å². The Balaban J connectivity index is 1.56. The molecule has 2 aromatic rings. The molecule has 1 aliphatic heterocycles. The highest BCUT2D eigenvalue weighted by Crippen LogP contribution is 2.35. The molecule has 122 valence electrons. The fourth-order valence-corrected chi connectivity index (χ4v) is 3.41. The zero-order valence-corrected chi connectivity index (χ0v) is 13.3. The largest absolute Gasteiger partial charge is 0.337 e. The predicted molar refractivity (Wildman–Crippen MR) is 85.4 cm³/mol. The molecule has 2 atom stereocenters. The van der Waals surface area contributed by atoms with E-state index in [2.05, 4.69) is 10.1 Å². The van der Waals surface area contributed by atoms with Gasteiger partial charge in [-0.25, -0.2) is 0 Å². The summed E-state index contributed by atoms with van der Waals surface area (Å²) in [5, 5.41) is 3.98. The second-order valence-corrected chi connectivity index (χ2v) is 6.25. The van der Waals surface area contributed by atoms with E-state index in [1.54, 1.807) is 0 Å². The zero-order chi connectivity index (χ0) is 16.7. The molecule has 1 saturated heterocycles. The van der Waals surface area contributed by atoms with E-state index in [0.29, 0.717) is 18.7 Å². The van der Waals surface area contributed by atoms with Crippen molar-refractivity contribution in [2.24, 2.45) is 11.8 Å². The Morgan fingerprint density at radius 3 is 2.46 bits per heavy atom. The number of rotatable bonds is 3. The van der Waals surface area contributed by atoms with Crippen LogP contribution in [0.5, 0.6) is 0 Å². The first-order valence-corrected chi connectivity index (χ1v) is 8.04. The first kappa shape index (κ1) is 14.8. The Hall–Kier alpha value is -2.76. The van der Waals surface area contributed by atoms with E-state index in [1.807, 2.05) is 43.3 Å². The molecule has 4 rings (SSSR count). The number of allylic oxidation sites excluding steroid dienone is 2. The quantitative estimate of drug-likeness (QED) is 0.641. The van der Waals surface area contributed by atoms with E-state index in [0.717, 1.165) is 11.1 Å². The number of fused-ring (bicyclic) bond motifs is 1. The van der Waals surface area contributed by atoms with E-state index in [4.69, 9.17) is 4.52 Å². The summed E-state index contributed by atoms with van der Waals surface area (Å²) < 4.78 is 5.26. The summed E-state index contributed by atoms with van der Waals surface area (Å²) in [6.07, 6.45) is 5.20. The van der Waals surface area contributed by atoms with Gasteiger partial charge in [0.05, 0.1) is 11.8 Å². The Morgan fingerprint density at radius 2 is 1.79 bits per heavy atom. The van der Waals surface area contributed by atoms with Gasteiger partial charge in [-0.3, -0.25) is 14.5 Å². The molecule has 1 fully saturated rings. The summed E-state index contributed by atoms with van der Waals surface area (Å²) in [5.41, 5.74) is 1.92. The van der Waals surface area contributed by atoms with Gasteiger partial charge in [-0.1, -0.05) is 41.6 Å². The lowest BCUT2D eigenvalue weighted by molar-refractivity contribution is -0.141. The lowest BCUT2D eigenvalue weighted by atomic mass is 9.85. The number of imide groups is 1. The molecule has 1 aromatic heterocycles. The minimum absolute atomic E-state index is 0.0452. The molecule has 0 N–H and O–H groups in total. The molecular formula is C18H17N3O3. The standard InChI is InChI=1S/C18H17N3O3/c1-11-6-2-3-7-12(11)16-19-15(24-20-16)10-21-17(22)13-8-4-5-9-14(13)18(21)23/h2-7,13-14H,8-10H2,1H3/t13-,14-/m0/s1. The summed E-state index contributed by atoms with van der Waals surface area (Å²) >= 11 is 0. The van der Waals surface area contributed by atoms with Crippen LogP contribution in [0.15, 0.2) is 40.9 Å². The molecule has 1 aromatic carbocycles. The number of carbonyl (C=O) groups excluding carboxylic acids is 2. The maximum absolute atomic E-state index is 12.5. The SMILES string of the molecule is Cc1ccccc1-c1noc(CN2C(=O)[C@H]3CC=CC[C@@H]3C2=O)n1. The summed E-state index contributed by atoms with van der Waals surface area (Å²) in [6.45, 7) is 2.01. The van der Waals surface area contributed by atoms with Crippen LogP contribution in [-0.4, -0.2) is 26.9 Å². The van der Waals surface area contributed by atoms with Crippen molar-refractivity contribution in [3.8, 4) is 11.4 Å². The van der Waals surface area contributed by atoms with Crippen molar-refractivity contribution in [3.63, 3.8) is 0 Å². The van der Waals surface area contributed by atoms with Crippen molar-refractivity contribution < 1.29 is 14.1 Å². The average Bonchev–Trinajstić information content (AvgIpc) is 3.15. The molecule has 6 nitrogen and oxygen atoms in total. The van der Waals surface area contributed by atoms with Crippen LogP contribution in [0, 0.1) is 18.8 Å². The molecule has 2 heterocycles. The summed E-state index contributed by atoms with van der Waals surface area (Å²) in [7, 11) is 0. The highest BCUT2D eigenvalue weighted by Gasteiger charge is 2.47. The molecular weight excluding hydrogens is 306 g/mol. The van der Waals surface area contributed by atoms with Crippen LogP contribution in [0.1, 0.15) is 24.3 Å². The maximum Gasteiger partial charge on any atom is 0.247 e. The molecule has 24 heavy (non-hydrogen) atoms. The number of carbonyl (C=O) groups is 2. The van der Waals surface area contributed by atoms with Gasteiger partial charge in [-0.15, -0.1) is 0 Å². The highest BCUT2D eigenvalue weighted by molar-refractivity contribution is 6.05. The molecule has 0 spiro atoms. The normalized spacial score (nSPS) is 23.0. The van der Waals surface area contributed by atoms with Gasteiger partial charge in [-0.2, -0.15) is 4.98 Å². The van der Waals surface area contributed by atoms with Crippen LogP contribution < -0.4 is 0 Å². The van der Waals surface area contributed by atoms with Crippen molar-refractivity contribution in [1.82, 2.24) is 15.0 Å². The maximum atomic E-state index is 12.5. The number of aromatic nitrogens is 2. The summed E-state index contributed by atoms with van der Waals surface area (Å²) in [6, 6.07) is 7.73. The predicted octanol–water partition coefficient (Wildman–Crippen LogP) is 2.50. The third-order valence-corrected chi connectivity index (χ3v) is 4.75. The van der Waals surface area contributed by atoms with E-state index in [1.165, 1.54) is 4.90 Å². The van der Waals surface area contributed by atoms with Gasteiger partial charge in [0, 0.05) is 5.56 Å². The molecule has 1 aliphatic carbocycles. The van der Waals surface area contributed by atoms with Crippen LogP contribution in [0.2, 0.25) is 0 Å².